The molecule has 0 aliphatic carbocycles. The third-order valence-electron chi connectivity index (χ3n) is 2.16. The fourth-order valence-electron chi connectivity index (χ4n) is 1.21. The molecule has 6 nitrogen and oxygen atoms in total. The molecule has 0 fully saturated rings. The highest BCUT2D eigenvalue weighted by Gasteiger charge is 2.13. The van der Waals surface area contributed by atoms with E-state index in [4.69, 9.17) is 15.4 Å². The van der Waals surface area contributed by atoms with Crippen molar-refractivity contribution < 1.29 is 14.4 Å². The minimum absolute atomic E-state index is 0.100. The van der Waals surface area contributed by atoms with E-state index >= 15 is 0 Å². The van der Waals surface area contributed by atoms with Crippen LogP contribution in [0.3, 0.4) is 0 Å². The van der Waals surface area contributed by atoms with Crippen LogP contribution < -0.4 is 5.73 Å². The molecule has 0 aliphatic rings. The van der Waals surface area contributed by atoms with Gasteiger partial charge in [-0.25, -0.2) is 0 Å². The smallest absolute Gasteiger partial charge is 0.256 e. The van der Waals surface area contributed by atoms with Crippen LogP contribution in [0.15, 0.2) is 21.9 Å². The molecule has 1 heterocycles. The quantitative estimate of drug-likeness (QED) is 0.343. The first-order valence-electron chi connectivity index (χ1n) is 4.81. The van der Waals surface area contributed by atoms with Crippen LogP contribution in [-0.4, -0.2) is 35.4 Å². The minimum atomic E-state index is -0.150. The van der Waals surface area contributed by atoms with Crippen molar-refractivity contribution in [3.63, 3.8) is 0 Å². The first kappa shape index (κ1) is 12.1. The number of amidine groups is 1. The van der Waals surface area contributed by atoms with E-state index in [2.05, 4.69) is 5.16 Å². The maximum absolute atomic E-state index is 11.8. The third kappa shape index (κ3) is 3.01. The number of nitrogens with zero attached hydrogens (tertiary/aromatic N) is 2. The molecular weight excluding hydrogens is 210 g/mol. The van der Waals surface area contributed by atoms with Gasteiger partial charge in [0.1, 0.15) is 17.9 Å². The Morgan fingerprint density at radius 1 is 1.69 bits per heavy atom. The van der Waals surface area contributed by atoms with E-state index in [0.717, 1.165) is 0 Å². The van der Waals surface area contributed by atoms with Gasteiger partial charge < -0.3 is 20.3 Å². The van der Waals surface area contributed by atoms with Gasteiger partial charge in [0.2, 0.25) is 0 Å². The van der Waals surface area contributed by atoms with Crippen LogP contribution in [0.25, 0.3) is 0 Å². The lowest BCUT2D eigenvalue weighted by Crippen LogP contribution is -2.30. The molecule has 0 spiro atoms. The van der Waals surface area contributed by atoms with Gasteiger partial charge in [0.05, 0.1) is 5.56 Å². The molecule has 0 saturated carbocycles. The number of nitrogens with two attached hydrogens (primary N) is 1. The largest absolute Gasteiger partial charge is 0.469 e. The molecule has 0 atom stereocenters. The van der Waals surface area contributed by atoms with Crippen molar-refractivity contribution >= 4 is 11.7 Å². The molecule has 1 aromatic heterocycles. The van der Waals surface area contributed by atoms with Gasteiger partial charge in [-0.3, -0.25) is 4.79 Å². The Bertz CT molecular complexity index is 398. The highest BCUT2D eigenvalue weighted by atomic mass is 16.4. The van der Waals surface area contributed by atoms with E-state index in [1.807, 2.05) is 0 Å². The summed E-state index contributed by atoms with van der Waals surface area (Å²) in [5.41, 5.74) is 5.81. The third-order valence-corrected chi connectivity index (χ3v) is 2.16. The van der Waals surface area contributed by atoms with E-state index in [1.165, 1.54) is 11.2 Å². The van der Waals surface area contributed by atoms with Gasteiger partial charge in [0.15, 0.2) is 0 Å². The SMILES string of the molecule is Cc1cc(C(=O)N(C)CCC(N)=NO)co1. The zero-order valence-corrected chi connectivity index (χ0v) is 9.30. The zero-order chi connectivity index (χ0) is 12.1. The number of hydrogen-bond acceptors (Lipinski definition) is 4. The molecule has 1 amide bonds. The normalized spacial score (nSPS) is 11.5. The predicted molar refractivity (Wildman–Crippen MR) is 58.4 cm³/mol. The molecule has 0 bridgehead atoms. The summed E-state index contributed by atoms with van der Waals surface area (Å²) in [6, 6.07) is 1.67. The number of furan rings is 1. The van der Waals surface area contributed by atoms with Crippen molar-refractivity contribution in [1.82, 2.24) is 4.90 Å². The molecule has 16 heavy (non-hydrogen) atoms. The van der Waals surface area contributed by atoms with Gasteiger partial charge >= 0.3 is 0 Å². The van der Waals surface area contributed by atoms with Crippen molar-refractivity contribution in [2.75, 3.05) is 13.6 Å². The minimum Gasteiger partial charge on any atom is -0.469 e. The molecule has 0 unspecified atom stereocenters. The van der Waals surface area contributed by atoms with Crippen LogP contribution in [0.5, 0.6) is 0 Å². The predicted octanol–water partition coefficient (Wildman–Crippen LogP) is 0.797. The van der Waals surface area contributed by atoms with Gasteiger partial charge in [-0.15, -0.1) is 0 Å². The van der Waals surface area contributed by atoms with Crippen molar-refractivity contribution in [3.8, 4) is 0 Å². The maximum Gasteiger partial charge on any atom is 0.256 e. The van der Waals surface area contributed by atoms with Crippen LogP contribution in [0.1, 0.15) is 22.5 Å². The van der Waals surface area contributed by atoms with Crippen molar-refractivity contribution in [2.24, 2.45) is 10.9 Å². The van der Waals surface area contributed by atoms with Crippen LogP contribution in [0.4, 0.5) is 0 Å². The average Bonchev–Trinajstić information content (AvgIpc) is 2.71. The second-order valence-corrected chi connectivity index (χ2v) is 3.51. The van der Waals surface area contributed by atoms with E-state index in [0.29, 0.717) is 24.3 Å². The van der Waals surface area contributed by atoms with Crippen LogP contribution in [-0.2, 0) is 0 Å². The first-order valence-corrected chi connectivity index (χ1v) is 4.81. The second kappa shape index (κ2) is 5.20. The summed E-state index contributed by atoms with van der Waals surface area (Å²) < 4.78 is 5.05. The standard InChI is InChI=1S/C10H15N3O3/c1-7-5-8(6-16-7)10(14)13(2)4-3-9(11)12-15/h5-6,15H,3-4H2,1-2H3,(H2,11,12). The summed E-state index contributed by atoms with van der Waals surface area (Å²) in [7, 11) is 1.65. The second-order valence-electron chi connectivity index (χ2n) is 3.51. The molecule has 1 rings (SSSR count). The highest BCUT2D eigenvalue weighted by Crippen LogP contribution is 2.08. The van der Waals surface area contributed by atoms with Crippen molar-refractivity contribution in [3.05, 3.63) is 23.7 Å². The van der Waals surface area contributed by atoms with Gasteiger partial charge in [-0.1, -0.05) is 5.16 Å². The fraction of sp³-hybridized carbons (Fsp3) is 0.400. The van der Waals surface area contributed by atoms with E-state index in [-0.39, 0.29) is 11.7 Å². The van der Waals surface area contributed by atoms with E-state index in [1.54, 1.807) is 20.0 Å². The van der Waals surface area contributed by atoms with Gasteiger partial charge in [-0.05, 0) is 13.0 Å². The summed E-state index contributed by atoms with van der Waals surface area (Å²) in [5, 5.41) is 11.2. The number of rotatable bonds is 4. The lowest BCUT2D eigenvalue weighted by Gasteiger charge is -2.15. The summed E-state index contributed by atoms with van der Waals surface area (Å²) in [4.78, 5) is 13.3. The summed E-state index contributed by atoms with van der Waals surface area (Å²) in [6.45, 7) is 2.16. The molecule has 1 aromatic rings. The Morgan fingerprint density at radius 3 is 2.88 bits per heavy atom. The first-order chi connectivity index (χ1) is 7.54. The molecule has 0 saturated heterocycles. The van der Waals surface area contributed by atoms with Crippen molar-refractivity contribution in [1.29, 1.82) is 0 Å². The summed E-state index contributed by atoms with van der Waals surface area (Å²) in [5.74, 6) is 0.638. The maximum atomic E-state index is 11.8. The zero-order valence-electron chi connectivity index (χ0n) is 9.30. The molecular formula is C10H15N3O3. The highest BCUT2D eigenvalue weighted by molar-refractivity contribution is 5.94. The molecule has 0 radical (unpaired) electrons. The van der Waals surface area contributed by atoms with E-state index in [9.17, 15) is 4.79 Å². The summed E-state index contributed by atoms with van der Waals surface area (Å²) >= 11 is 0. The topological polar surface area (TPSA) is 92.1 Å². The van der Waals surface area contributed by atoms with Gasteiger partial charge in [0, 0.05) is 20.0 Å². The van der Waals surface area contributed by atoms with Gasteiger partial charge in [-0.2, -0.15) is 0 Å². The Kier molecular flexibility index (Phi) is 3.93. The lowest BCUT2D eigenvalue weighted by atomic mass is 10.2. The molecule has 3 N–H and O–H groups in total. The Morgan fingerprint density at radius 2 is 2.38 bits per heavy atom. The molecule has 6 heteroatoms. The van der Waals surface area contributed by atoms with Crippen molar-refractivity contribution in [2.45, 2.75) is 13.3 Å². The average molecular weight is 225 g/mol. The van der Waals surface area contributed by atoms with Crippen LogP contribution in [0.2, 0.25) is 0 Å². The molecule has 0 aliphatic heterocycles. The summed E-state index contributed by atoms with van der Waals surface area (Å²) in [6.07, 6.45) is 1.74. The number of hydrogen-bond donors (Lipinski definition) is 2. The number of amides is 1. The number of aryl methyl sites for hydroxylation is 1. The monoisotopic (exact) mass is 225 g/mol. The number of carbonyl (C=O) groups excluding carboxylic acids is 1. The number of oxime groups is 1. The van der Waals surface area contributed by atoms with E-state index < -0.39 is 0 Å². The van der Waals surface area contributed by atoms with Gasteiger partial charge in [0.25, 0.3) is 5.91 Å². The molecule has 88 valence electrons. The fourth-order valence-corrected chi connectivity index (χ4v) is 1.21. The van der Waals surface area contributed by atoms with Crippen LogP contribution in [0, 0.1) is 6.92 Å². The Labute approximate surface area is 93.3 Å². The Balaban J connectivity index is 2.54. The number of carbonyl (C=O) groups is 1. The van der Waals surface area contributed by atoms with Crippen LogP contribution >= 0.6 is 0 Å². The lowest BCUT2D eigenvalue weighted by molar-refractivity contribution is 0.0797. The molecule has 0 aromatic carbocycles. The Hall–Kier alpha value is -1.98.